The van der Waals surface area contributed by atoms with Gasteiger partial charge in [0, 0.05) is 111 Å². The number of aromatic hydroxyl groups is 1. The number of likely N-dealkylation sites (N-methyl/N-ethyl adjacent to an activating group) is 2. The lowest BCUT2D eigenvalue weighted by Crippen LogP contribution is -2.62. The number of aliphatic hydroxyl groups excluding tert-OH is 1. The molecule has 0 bridgehead atoms. The van der Waals surface area contributed by atoms with Gasteiger partial charge in [0.25, 0.3) is 0 Å². The highest BCUT2D eigenvalue weighted by atomic mass is 32.2. The second-order valence-corrected chi connectivity index (χ2v) is 35.0. The van der Waals surface area contributed by atoms with Gasteiger partial charge in [-0.25, -0.2) is 4.98 Å². The van der Waals surface area contributed by atoms with Gasteiger partial charge >= 0.3 is 0 Å². The Balaban J connectivity index is 1.09. The van der Waals surface area contributed by atoms with E-state index in [1.807, 2.05) is 6.92 Å². The van der Waals surface area contributed by atoms with Crippen molar-refractivity contribution in [3.8, 4) is 5.75 Å². The van der Waals surface area contributed by atoms with Crippen LogP contribution in [0.2, 0.25) is 0 Å². The van der Waals surface area contributed by atoms with E-state index in [1.54, 1.807) is 81.7 Å². The number of nitrogens with one attached hydrogen (secondary N) is 13. The molecule has 714 valence electrons. The summed E-state index contributed by atoms with van der Waals surface area (Å²) in [6, 6.07) is -1.54. The molecule has 6 aromatic rings. The van der Waals surface area contributed by atoms with Crippen LogP contribution in [0.5, 0.6) is 5.75 Å². The molecular weight excluding hydrogens is 1730 g/mol. The maximum atomic E-state index is 15.7. The molecule has 132 heavy (non-hydrogen) atoms. The van der Waals surface area contributed by atoms with E-state index in [-0.39, 0.29) is 120 Å². The molecule has 0 saturated carbocycles. The lowest BCUT2D eigenvalue weighted by atomic mass is 10.00. The number of aliphatic hydroxyl groups is 1. The Morgan fingerprint density at radius 2 is 1.14 bits per heavy atom. The highest BCUT2D eigenvalue weighted by Crippen LogP contribution is 2.29. The second-order valence-electron chi connectivity index (χ2n) is 34.0. The van der Waals surface area contributed by atoms with E-state index < -0.39 is 216 Å². The molecule has 41 nitrogen and oxygen atoms in total. The molecule has 17 amide bonds. The quantitative estimate of drug-likeness (QED) is 0.0302. The van der Waals surface area contributed by atoms with Crippen LogP contribution in [-0.4, -0.2) is 305 Å². The first-order valence-electron chi connectivity index (χ1n) is 44.4. The Labute approximate surface area is 768 Å². The minimum absolute atomic E-state index is 0.00187. The normalized spacial score (nSPS) is 24.6. The van der Waals surface area contributed by atoms with Gasteiger partial charge in [-0.05, 0) is 124 Å². The number of nitrogens with zero attached hydrogens (tertiary/aromatic N) is 6. The van der Waals surface area contributed by atoms with Crippen LogP contribution in [0.4, 0.5) is 0 Å². The van der Waals surface area contributed by atoms with Gasteiger partial charge in [0.05, 0.1) is 31.7 Å². The molecule has 6 heterocycles. The van der Waals surface area contributed by atoms with Crippen molar-refractivity contribution in [1.29, 1.82) is 0 Å². The molecule has 3 aromatic carbocycles. The number of carbonyl (C=O) groups is 17. The molecule has 0 aliphatic carbocycles. The predicted molar refractivity (Wildman–Crippen MR) is 487 cm³/mol. The number of rotatable bonds is 24. The number of aromatic nitrogens is 4. The fourth-order valence-corrected chi connectivity index (χ4v) is 17.2. The van der Waals surface area contributed by atoms with Crippen molar-refractivity contribution in [3.05, 3.63) is 132 Å². The van der Waals surface area contributed by atoms with Crippen molar-refractivity contribution >= 4 is 134 Å². The topological polar surface area (TPSA) is 605 Å². The molecular formula is C90H124N22O19S. The fraction of sp³-hybridized carbons (Fsp3) is 0.511. The monoisotopic (exact) mass is 1850 g/mol. The van der Waals surface area contributed by atoms with Crippen molar-refractivity contribution in [2.24, 2.45) is 23.1 Å². The Morgan fingerprint density at radius 1 is 0.576 bits per heavy atom. The number of hydrogen-bond acceptors (Lipinski definition) is 22. The summed E-state index contributed by atoms with van der Waals surface area (Å²) in [4.78, 5) is 269. The number of phenols is 1. The maximum absolute atomic E-state index is 15.7. The van der Waals surface area contributed by atoms with Crippen LogP contribution in [0.1, 0.15) is 135 Å². The molecule has 3 aliphatic rings. The molecule has 0 spiro atoms. The number of imidazole rings is 1. The van der Waals surface area contributed by atoms with Crippen LogP contribution in [0, 0.1) is 5.92 Å². The van der Waals surface area contributed by atoms with E-state index >= 15 is 38.4 Å². The second kappa shape index (κ2) is 48.6. The molecule has 21 N–H and O–H groups in total. The van der Waals surface area contributed by atoms with Crippen molar-refractivity contribution < 1.29 is 91.7 Å². The number of para-hydroxylation sites is 2. The summed E-state index contributed by atoms with van der Waals surface area (Å²) in [6.45, 7) is 11.9. The molecule has 42 heteroatoms. The molecule has 0 unspecified atom stereocenters. The number of phenolic OH excluding ortho intramolecular Hbond substituents is 1. The third-order valence-corrected chi connectivity index (χ3v) is 24.8. The number of fused-ring (bicyclic) bond motifs is 4. The van der Waals surface area contributed by atoms with Gasteiger partial charge < -0.3 is 120 Å². The van der Waals surface area contributed by atoms with Gasteiger partial charge in [0.15, 0.2) is 0 Å². The highest BCUT2D eigenvalue weighted by molar-refractivity contribution is 8.00. The first-order valence-corrected chi connectivity index (χ1v) is 45.5. The third kappa shape index (κ3) is 27.4. The number of benzene rings is 3. The Kier molecular flexibility index (Phi) is 37.7. The number of amides is 17. The Hall–Kier alpha value is -13.3. The predicted octanol–water partition coefficient (Wildman–Crippen LogP) is -1.65. The Morgan fingerprint density at radius 3 is 1.74 bits per heavy atom. The summed E-state index contributed by atoms with van der Waals surface area (Å²) >= 11 is 0.778. The number of carbonyl (C=O) groups excluding carboxylic acids is 17. The smallest absolute Gasteiger partial charge is 0.247 e. The first-order chi connectivity index (χ1) is 62.9. The van der Waals surface area contributed by atoms with Crippen LogP contribution < -0.4 is 70.4 Å². The van der Waals surface area contributed by atoms with Crippen molar-refractivity contribution in [2.45, 2.75) is 222 Å². The lowest BCUT2D eigenvalue weighted by molar-refractivity contribution is -0.150. The van der Waals surface area contributed by atoms with E-state index in [0.717, 1.165) is 21.6 Å². The highest BCUT2D eigenvalue weighted by Gasteiger charge is 2.46. The molecule has 3 saturated heterocycles. The van der Waals surface area contributed by atoms with Crippen LogP contribution >= 0.6 is 11.8 Å². The van der Waals surface area contributed by atoms with Gasteiger partial charge in [-0.15, -0.1) is 11.8 Å². The van der Waals surface area contributed by atoms with E-state index in [1.165, 1.54) is 79.4 Å². The van der Waals surface area contributed by atoms with E-state index in [2.05, 4.69) is 79.7 Å². The summed E-state index contributed by atoms with van der Waals surface area (Å²) in [6.07, 6.45) is 5.57. The zero-order valence-corrected chi connectivity index (χ0v) is 76.3. The summed E-state index contributed by atoms with van der Waals surface area (Å²) in [5, 5.41) is 49.4. The zero-order valence-electron chi connectivity index (χ0n) is 75.5. The number of primary amides is 2. The van der Waals surface area contributed by atoms with Gasteiger partial charge in [0.1, 0.15) is 90.3 Å². The molecule has 9 rings (SSSR count). The third-order valence-electron chi connectivity index (χ3n) is 23.7. The fourth-order valence-electron chi connectivity index (χ4n) is 16.4. The number of hydrogen-bond donors (Lipinski definition) is 18. The van der Waals surface area contributed by atoms with Crippen molar-refractivity contribution in [3.63, 3.8) is 0 Å². The lowest BCUT2D eigenvalue weighted by Gasteiger charge is -2.37. The van der Waals surface area contributed by atoms with Crippen LogP contribution in [0.15, 0.2) is 110 Å². The number of unbranched alkanes of at least 4 members (excludes halogenated alkanes) is 1. The van der Waals surface area contributed by atoms with E-state index in [0.29, 0.717) is 57.0 Å². The van der Waals surface area contributed by atoms with Gasteiger partial charge in [-0.1, -0.05) is 95.6 Å². The standard InChI is InChI=1S/C90H124N22O19S/c1-10-12-24-72-90(131)110(32-11-2)52(7)78(119)100-62(23-17-31-91)80(121)107-70(79(120)97-44-74(93)116)46-132-47-75(117)99-66(36-53-26-28-57(114)29-27-53)86(127)108(8)51(6)77(118)103-68(40-73(92)115)89(130)112-34-30-50(5)76(112)85(126)102-64(39-56-43-94-48-98-56)82(123)104-65(35-49(3)4)88(129)111-33-18-25-71(111)84(125)101-63(37-54-41-95-60-21-15-13-19-58(54)60)81(122)106-69(45-113)83(124)105-67(87(128)109(72)9)38-55-42-96-61-22-16-14-20-59(55)61/h13-16,19-22,26-29,41-43,48-49,51-52,62-72,76,95-96,113-114H,5,10-12,17-18,23-25,30-40,44-47,91H2,1-4,6-9H3,(H2,92,115)(H2,93,116)(H,94,98)(H,97,120)(H,99,117)(H,100,119)(H,101,125)(H,102,126)(H,103,118)(H,104,123)(H,105,124)(H,106,122)(H,107,121)/t51-,52+,62-,63-,64-,65-,66-,67-,68-,69-,70-,71-,72-,76-/m0/s1. The number of aromatic amines is 3. The minimum Gasteiger partial charge on any atom is -0.508 e. The molecule has 14 atom stereocenters. The Bertz CT molecular complexity index is 5140. The number of nitrogens with two attached hydrogens (primary N) is 3. The maximum Gasteiger partial charge on any atom is 0.247 e. The largest absolute Gasteiger partial charge is 0.508 e. The van der Waals surface area contributed by atoms with Crippen molar-refractivity contribution in [2.75, 3.05) is 64.9 Å². The zero-order chi connectivity index (χ0) is 96.3. The summed E-state index contributed by atoms with van der Waals surface area (Å²) in [5.74, 6) is -17.0. The summed E-state index contributed by atoms with van der Waals surface area (Å²) < 4.78 is 0. The average Bonchev–Trinajstić information content (AvgIpc) is 1.54. The van der Waals surface area contributed by atoms with E-state index in [4.69, 9.17) is 17.2 Å². The molecule has 0 radical (unpaired) electrons. The first kappa shape index (κ1) is 102. The number of H-pyrrole nitrogens is 3. The molecule has 3 aliphatic heterocycles. The van der Waals surface area contributed by atoms with Crippen molar-refractivity contribution in [1.82, 2.24) is 97.6 Å². The van der Waals surface area contributed by atoms with Gasteiger partial charge in [-0.3, -0.25) is 81.5 Å². The van der Waals surface area contributed by atoms with E-state index in [9.17, 15) is 53.4 Å². The summed E-state index contributed by atoms with van der Waals surface area (Å²) in [7, 11) is 2.59. The average molecular weight is 1850 g/mol. The van der Waals surface area contributed by atoms with Crippen LogP contribution in [-0.2, 0) is 107 Å². The SMILES string of the molecule is C=C1CCN2C(=O)[C@H](CC(N)=O)NC(=O)[C@H](C)N(C)C(=O)[C@H](Cc3ccc(O)cc3)NC(=O)CSC[C@@H](C(=O)NCC(N)=O)NC(=O)[C@H](CCCN)NC(=O)[C@@H](C)N(CCC)C(=O)[C@H](CCCC)N(C)C(=O)[C@H](Cc3c[nH]c4ccccc34)NC(=O)[C@H](CO)NC(=O)[C@H](Cc3c[nH]c4ccccc34)NC(=O)[C@@H]3CCCN3C(=O)[C@H](CC(C)C)NC(=O)[C@H](Cc3cnc[nH]3)NC(=O)[C@H]12. The minimum atomic E-state index is -1.84. The summed E-state index contributed by atoms with van der Waals surface area (Å²) in [5.41, 5.74) is 20.4. The van der Waals surface area contributed by atoms with Crippen LogP contribution in [0.3, 0.4) is 0 Å². The van der Waals surface area contributed by atoms with Crippen LogP contribution in [0.25, 0.3) is 21.8 Å². The molecule has 3 aromatic heterocycles. The number of thioether (sulfide) groups is 1. The van der Waals surface area contributed by atoms with Gasteiger partial charge in [-0.2, -0.15) is 0 Å². The molecule has 3 fully saturated rings. The van der Waals surface area contributed by atoms with Gasteiger partial charge in [0.2, 0.25) is 100 Å².